The van der Waals surface area contributed by atoms with Crippen molar-refractivity contribution in [2.24, 2.45) is 0 Å². The molecule has 4 nitrogen and oxygen atoms in total. The maximum atomic E-state index is 12.8. The summed E-state index contributed by atoms with van der Waals surface area (Å²) < 4.78 is 15.7. The maximum Gasteiger partial charge on any atom is 0.328 e. The molecule has 0 aliphatic heterocycles. The Balaban J connectivity index is 2.15. The van der Waals surface area contributed by atoms with Gasteiger partial charge in [-0.15, -0.1) is 0 Å². The second-order valence-corrected chi connectivity index (χ2v) is 4.33. The van der Waals surface area contributed by atoms with Gasteiger partial charge in [0.1, 0.15) is 5.82 Å². The van der Waals surface area contributed by atoms with E-state index in [0.717, 1.165) is 6.42 Å². The molecule has 1 heterocycles. The summed E-state index contributed by atoms with van der Waals surface area (Å²) in [5.74, 6) is -0.598. The Morgan fingerprint density at radius 3 is 2.42 bits per heavy atom. The predicted molar refractivity (Wildman–Crippen MR) is 69.7 cm³/mol. The molecule has 0 unspecified atom stereocenters. The van der Waals surface area contributed by atoms with Gasteiger partial charge in [0.05, 0.1) is 6.54 Å². The summed E-state index contributed by atoms with van der Waals surface area (Å²) in [5, 5.41) is 0. The van der Waals surface area contributed by atoms with Gasteiger partial charge in [0.25, 0.3) is 0 Å². The van der Waals surface area contributed by atoms with E-state index in [0.29, 0.717) is 12.1 Å². The summed E-state index contributed by atoms with van der Waals surface area (Å²) in [7, 11) is 0. The van der Waals surface area contributed by atoms with Crippen LogP contribution in [0.2, 0.25) is 0 Å². The number of nitrogens with zero attached hydrogens (tertiary/aromatic N) is 2. The molecule has 5 heteroatoms. The number of aromatic nitrogens is 2. The highest BCUT2D eigenvalue weighted by Gasteiger charge is 2.10. The van der Waals surface area contributed by atoms with Crippen molar-refractivity contribution in [2.75, 3.05) is 0 Å². The van der Waals surface area contributed by atoms with Gasteiger partial charge in [-0.3, -0.25) is 13.9 Å². The van der Waals surface area contributed by atoms with E-state index in [1.54, 1.807) is 17.0 Å². The van der Waals surface area contributed by atoms with Gasteiger partial charge in [-0.25, -0.2) is 9.18 Å². The Kier molecular flexibility index (Phi) is 3.94. The van der Waals surface area contributed by atoms with Crippen LogP contribution < -0.4 is 5.69 Å². The van der Waals surface area contributed by atoms with Crippen LogP contribution >= 0.6 is 0 Å². The minimum atomic E-state index is -0.386. The van der Waals surface area contributed by atoms with E-state index in [1.807, 2.05) is 6.92 Å². The summed E-state index contributed by atoms with van der Waals surface area (Å²) in [5.41, 5.74) is 0.203. The molecule has 0 radical (unpaired) electrons. The molecule has 19 heavy (non-hydrogen) atoms. The van der Waals surface area contributed by atoms with E-state index in [9.17, 15) is 14.0 Å². The van der Waals surface area contributed by atoms with Gasteiger partial charge < -0.3 is 0 Å². The molecular weight excluding hydrogens is 247 g/mol. The molecule has 0 N–H and O–H groups in total. The number of benzene rings is 1. The zero-order valence-corrected chi connectivity index (χ0v) is 10.7. The minimum Gasteiger partial charge on any atom is -0.299 e. The highest BCUT2D eigenvalue weighted by Crippen LogP contribution is 2.04. The number of hydrogen-bond donors (Lipinski definition) is 0. The summed E-state index contributed by atoms with van der Waals surface area (Å²) in [6, 6.07) is 5.31. The molecule has 0 fully saturated rings. The molecule has 0 atom stereocenters. The van der Waals surface area contributed by atoms with Crippen molar-refractivity contribution in [1.29, 1.82) is 0 Å². The van der Waals surface area contributed by atoms with E-state index >= 15 is 0 Å². The van der Waals surface area contributed by atoms with Crippen LogP contribution in [-0.2, 0) is 13.1 Å². The third-order valence-corrected chi connectivity index (χ3v) is 2.86. The van der Waals surface area contributed by atoms with Crippen LogP contribution in [0.25, 0.3) is 0 Å². The lowest BCUT2D eigenvalue weighted by Crippen LogP contribution is -2.26. The largest absolute Gasteiger partial charge is 0.328 e. The number of Topliss-reactive ketones (excluding diaryl/α,β-unsaturated/α-hetero) is 1. The van der Waals surface area contributed by atoms with Gasteiger partial charge in [0.15, 0.2) is 5.78 Å². The first-order valence-electron chi connectivity index (χ1n) is 6.16. The summed E-state index contributed by atoms with van der Waals surface area (Å²) in [6.07, 6.45) is 4.12. The summed E-state index contributed by atoms with van der Waals surface area (Å²) >= 11 is 0. The van der Waals surface area contributed by atoms with Crippen LogP contribution in [0.3, 0.4) is 0 Å². The van der Waals surface area contributed by atoms with Crippen LogP contribution in [0.1, 0.15) is 23.7 Å². The van der Waals surface area contributed by atoms with E-state index in [2.05, 4.69) is 0 Å². The van der Waals surface area contributed by atoms with Gasteiger partial charge in [-0.1, -0.05) is 6.92 Å². The van der Waals surface area contributed by atoms with E-state index in [-0.39, 0.29) is 23.8 Å². The Morgan fingerprint density at radius 1 is 1.16 bits per heavy atom. The number of carbonyl (C=O) groups is 1. The SMILES string of the molecule is CCCn1ccn(CC(=O)c2ccc(F)cc2)c1=O. The van der Waals surface area contributed by atoms with Crippen LogP contribution in [-0.4, -0.2) is 14.9 Å². The van der Waals surface area contributed by atoms with Crippen LogP contribution in [0.15, 0.2) is 41.5 Å². The highest BCUT2D eigenvalue weighted by atomic mass is 19.1. The molecule has 0 bridgehead atoms. The van der Waals surface area contributed by atoms with E-state index in [1.165, 1.54) is 28.8 Å². The van der Waals surface area contributed by atoms with Crippen molar-refractivity contribution < 1.29 is 9.18 Å². The normalized spacial score (nSPS) is 10.6. The summed E-state index contributed by atoms with van der Waals surface area (Å²) in [6.45, 7) is 2.59. The van der Waals surface area contributed by atoms with Crippen molar-refractivity contribution in [2.45, 2.75) is 26.4 Å². The molecular formula is C14H15FN2O2. The number of halogens is 1. The predicted octanol–water partition coefficient (Wildman–Crippen LogP) is 2.08. The molecule has 100 valence electrons. The van der Waals surface area contributed by atoms with E-state index in [4.69, 9.17) is 0 Å². The molecule has 0 saturated heterocycles. The van der Waals surface area contributed by atoms with Gasteiger partial charge in [-0.2, -0.15) is 0 Å². The van der Waals surface area contributed by atoms with Crippen LogP contribution in [0.5, 0.6) is 0 Å². The quantitative estimate of drug-likeness (QED) is 0.774. The fraction of sp³-hybridized carbons (Fsp3) is 0.286. The second kappa shape index (κ2) is 5.65. The molecule has 0 aliphatic rings. The monoisotopic (exact) mass is 262 g/mol. The van der Waals surface area contributed by atoms with E-state index < -0.39 is 0 Å². The fourth-order valence-corrected chi connectivity index (χ4v) is 1.87. The molecule has 2 rings (SSSR count). The number of aryl methyl sites for hydroxylation is 1. The first kappa shape index (κ1) is 13.3. The third kappa shape index (κ3) is 2.99. The Labute approximate surface area is 110 Å². The fourth-order valence-electron chi connectivity index (χ4n) is 1.87. The maximum absolute atomic E-state index is 12.8. The van der Waals surface area contributed by atoms with Crippen molar-refractivity contribution in [1.82, 2.24) is 9.13 Å². The lowest BCUT2D eigenvalue weighted by molar-refractivity contribution is 0.0970. The smallest absolute Gasteiger partial charge is 0.299 e. The number of carbonyl (C=O) groups excluding carboxylic acids is 1. The Morgan fingerprint density at radius 2 is 1.79 bits per heavy atom. The first-order valence-corrected chi connectivity index (χ1v) is 6.16. The van der Waals surface area contributed by atoms with Gasteiger partial charge >= 0.3 is 5.69 Å². The average Bonchev–Trinajstić information content (AvgIpc) is 2.73. The zero-order valence-electron chi connectivity index (χ0n) is 10.7. The third-order valence-electron chi connectivity index (χ3n) is 2.86. The lowest BCUT2D eigenvalue weighted by Gasteiger charge is -2.02. The first-order chi connectivity index (χ1) is 9.11. The standard InChI is InChI=1S/C14H15FN2O2/c1-2-7-16-8-9-17(14(16)19)10-13(18)11-3-5-12(15)6-4-11/h3-6,8-9H,2,7,10H2,1H3. The van der Waals surface area contributed by atoms with Gasteiger partial charge in [-0.05, 0) is 30.7 Å². The Hall–Kier alpha value is -2.17. The second-order valence-electron chi connectivity index (χ2n) is 4.33. The van der Waals surface area contributed by atoms with Crippen molar-refractivity contribution in [3.8, 4) is 0 Å². The van der Waals surface area contributed by atoms with Crippen molar-refractivity contribution in [3.05, 3.63) is 58.5 Å². The van der Waals surface area contributed by atoms with Gasteiger partial charge in [0, 0.05) is 24.5 Å². The molecule has 0 amide bonds. The molecule has 0 aliphatic carbocycles. The number of rotatable bonds is 5. The number of imidazole rings is 1. The molecule has 0 spiro atoms. The topological polar surface area (TPSA) is 44.0 Å². The van der Waals surface area contributed by atoms with Crippen molar-refractivity contribution in [3.63, 3.8) is 0 Å². The number of ketones is 1. The van der Waals surface area contributed by atoms with Crippen LogP contribution in [0, 0.1) is 5.82 Å². The Bertz CT molecular complexity index is 626. The molecule has 2 aromatic rings. The molecule has 0 saturated carbocycles. The molecule has 1 aromatic heterocycles. The highest BCUT2D eigenvalue weighted by molar-refractivity contribution is 5.95. The summed E-state index contributed by atoms with van der Waals surface area (Å²) in [4.78, 5) is 23.8. The minimum absolute atomic E-state index is 0.0266. The lowest BCUT2D eigenvalue weighted by atomic mass is 10.1. The van der Waals surface area contributed by atoms with Crippen molar-refractivity contribution >= 4 is 5.78 Å². The zero-order chi connectivity index (χ0) is 13.8. The van der Waals surface area contributed by atoms with Gasteiger partial charge in [0.2, 0.25) is 0 Å². The molecule has 1 aromatic carbocycles. The number of hydrogen-bond acceptors (Lipinski definition) is 2. The average molecular weight is 262 g/mol. The van der Waals surface area contributed by atoms with Crippen LogP contribution in [0.4, 0.5) is 4.39 Å².